The van der Waals surface area contributed by atoms with Gasteiger partial charge < -0.3 is 8.85 Å². The van der Waals surface area contributed by atoms with E-state index < -0.39 is 16.6 Å². The van der Waals surface area contributed by atoms with Gasteiger partial charge in [0.15, 0.2) is 0 Å². The summed E-state index contributed by atoms with van der Waals surface area (Å²) in [7, 11) is -3.84. The molecule has 0 N–H and O–H groups in total. The van der Waals surface area contributed by atoms with Gasteiger partial charge in [0.1, 0.15) is 5.75 Å². The first-order chi connectivity index (χ1) is 11.6. The minimum atomic E-state index is -2.02. The van der Waals surface area contributed by atoms with Crippen LogP contribution in [0.2, 0.25) is 36.3 Å². The lowest BCUT2D eigenvalue weighted by atomic mass is 10.1. The van der Waals surface area contributed by atoms with E-state index in [0.29, 0.717) is 12.8 Å². The van der Waals surface area contributed by atoms with Crippen molar-refractivity contribution in [1.29, 1.82) is 0 Å². The molecule has 0 aliphatic heterocycles. The molecule has 1 aromatic rings. The molecule has 3 nitrogen and oxygen atoms in total. The van der Waals surface area contributed by atoms with Crippen molar-refractivity contribution in [3.63, 3.8) is 0 Å². The first-order valence-electron chi connectivity index (χ1n) is 9.55. The van der Waals surface area contributed by atoms with E-state index in [9.17, 15) is 4.79 Å². The molecule has 0 aromatic heterocycles. The van der Waals surface area contributed by atoms with Crippen LogP contribution in [0.1, 0.15) is 53.5 Å². The number of aryl methyl sites for hydroxylation is 1. The zero-order chi connectivity index (χ0) is 20.4. The van der Waals surface area contributed by atoms with Gasteiger partial charge in [-0.15, -0.1) is 0 Å². The number of carbonyl (C=O) groups excluding carboxylic acids is 1. The molecule has 0 atom stereocenters. The lowest BCUT2D eigenvalue weighted by Gasteiger charge is -2.36. The quantitative estimate of drug-likeness (QED) is 0.513. The lowest BCUT2D eigenvalue weighted by Crippen LogP contribution is -2.43. The van der Waals surface area contributed by atoms with Gasteiger partial charge in [-0.25, -0.2) is 0 Å². The van der Waals surface area contributed by atoms with E-state index in [0.717, 1.165) is 11.3 Å². The van der Waals surface area contributed by atoms with E-state index in [2.05, 4.69) is 79.9 Å². The van der Waals surface area contributed by atoms with Gasteiger partial charge in [-0.05, 0) is 60.4 Å². The van der Waals surface area contributed by atoms with Gasteiger partial charge in [0.25, 0.3) is 14.3 Å². The van der Waals surface area contributed by atoms with Crippen LogP contribution in [0, 0.1) is 0 Å². The summed E-state index contributed by atoms with van der Waals surface area (Å²) in [6, 6.07) is 8.16. The SMILES string of the molecule is CC(C)(C)[Si](C)(C)OC(=O)CCc1ccc(O[Si](C)(C)C(C)(C)C)cc1. The van der Waals surface area contributed by atoms with Crippen molar-refractivity contribution >= 4 is 22.6 Å². The molecule has 0 spiro atoms. The van der Waals surface area contributed by atoms with Crippen LogP contribution in [0.25, 0.3) is 0 Å². The second kappa shape index (κ2) is 7.89. The van der Waals surface area contributed by atoms with Crippen LogP contribution < -0.4 is 4.43 Å². The van der Waals surface area contributed by atoms with Crippen molar-refractivity contribution in [2.24, 2.45) is 0 Å². The fourth-order valence-corrected chi connectivity index (χ4v) is 3.92. The second-order valence-electron chi connectivity index (χ2n) is 10.2. The summed E-state index contributed by atoms with van der Waals surface area (Å²) in [5.74, 6) is 0.836. The third-order valence-corrected chi connectivity index (χ3v) is 14.6. The number of hydrogen-bond donors (Lipinski definition) is 0. The zero-order valence-electron chi connectivity index (χ0n) is 18.4. The molecule has 0 aliphatic carbocycles. The fraction of sp³-hybridized carbons (Fsp3) is 0.667. The van der Waals surface area contributed by atoms with E-state index in [1.165, 1.54) is 0 Å². The Morgan fingerprint density at radius 2 is 1.31 bits per heavy atom. The minimum Gasteiger partial charge on any atom is -0.544 e. The van der Waals surface area contributed by atoms with Crippen molar-refractivity contribution in [3.05, 3.63) is 29.8 Å². The van der Waals surface area contributed by atoms with E-state index in [4.69, 9.17) is 8.85 Å². The van der Waals surface area contributed by atoms with Gasteiger partial charge in [-0.2, -0.15) is 0 Å². The van der Waals surface area contributed by atoms with Crippen LogP contribution in [-0.4, -0.2) is 22.6 Å². The van der Waals surface area contributed by atoms with Gasteiger partial charge in [-0.3, -0.25) is 4.79 Å². The Hall–Kier alpha value is -1.08. The van der Waals surface area contributed by atoms with Gasteiger partial charge in [-0.1, -0.05) is 53.7 Å². The fourth-order valence-electron chi connectivity index (χ4n) is 1.91. The Morgan fingerprint density at radius 1 is 0.846 bits per heavy atom. The first kappa shape index (κ1) is 23.0. The molecule has 0 aliphatic rings. The van der Waals surface area contributed by atoms with Crippen LogP contribution in [0.15, 0.2) is 24.3 Å². The molecule has 1 aromatic carbocycles. The van der Waals surface area contributed by atoms with Crippen molar-refractivity contribution in [2.75, 3.05) is 0 Å². The summed E-state index contributed by atoms with van der Waals surface area (Å²) in [5, 5.41) is 0.227. The molecular weight excluding hydrogens is 356 g/mol. The molecule has 0 heterocycles. The highest BCUT2D eigenvalue weighted by Gasteiger charge is 2.40. The monoisotopic (exact) mass is 394 g/mol. The van der Waals surface area contributed by atoms with Crippen LogP contribution in [-0.2, 0) is 15.6 Å². The molecule has 0 fully saturated rings. The van der Waals surface area contributed by atoms with Crippen molar-refractivity contribution in [3.8, 4) is 5.75 Å². The van der Waals surface area contributed by atoms with Crippen molar-refractivity contribution in [2.45, 2.75) is 90.6 Å². The maximum absolute atomic E-state index is 12.2. The predicted molar refractivity (Wildman–Crippen MR) is 116 cm³/mol. The summed E-state index contributed by atoms with van der Waals surface area (Å²) in [4.78, 5) is 12.2. The summed E-state index contributed by atoms with van der Waals surface area (Å²) in [6.07, 6.45) is 1.13. The minimum absolute atomic E-state index is 0.0470. The Balaban J connectivity index is 2.62. The highest BCUT2D eigenvalue weighted by molar-refractivity contribution is 6.75. The van der Waals surface area contributed by atoms with Crippen molar-refractivity contribution in [1.82, 2.24) is 0 Å². The van der Waals surface area contributed by atoms with Gasteiger partial charge in [0, 0.05) is 6.42 Å². The number of hydrogen-bond acceptors (Lipinski definition) is 3. The largest absolute Gasteiger partial charge is 0.544 e. The normalized spacial score (nSPS) is 13.5. The van der Waals surface area contributed by atoms with Gasteiger partial charge in [0.05, 0.1) is 0 Å². The third kappa shape index (κ3) is 6.27. The zero-order valence-corrected chi connectivity index (χ0v) is 20.4. The van der Waals surface area contributed by atoms with Gasteiger partial charge in [0.2, 0.25) is 8.32 Å². The van der Waals surface area contributed by atoms with E-state index in [1.54, 1.807) is 0 Å². The summed E-state index contributed by atoms with van der Waals surface area (Å²) >= 11 is 0. The number of rotatable bonds is 6. The van der Waals surface area contributed by atoms with Crippen LogP contribution in [0.3, 0.4) is 0 Å². The molecule has 5 heteroatoms. The standard InChI is InChI=1S/C21H38O3Si2/c1-20(2,3)25(7,8)23-18-14-11-17(12-15-18)13-16-19(22)24-26(9,10)21(4,5)6/h11-12,14-15H,13,16H2,1-10H3. The molecular formula is C21H38O3Si2. The maximum Gasteiger partial charge on any atom is 0.292 e. The molecule has 0 amide bonds. The summed E-state index contributed by atoms with van der Waals surface area (Å²) in [5.41, 5.74) is 1.14. The highest BCUT2D eigenvalue weighted by Crippen LogP contribution is 2.38. The number of carbonyl (C=O) groups is 1. The molecule has 1 rings (SSSR count). The van der Waals surface area contributed by atoms with Crippen LogP contribution >= 0.6 is 0 Å². The average Bonchev–Trinajstić information content (AvgIpc) is 2.43. The third-order valence-electron chi connectivity index (χ3n) is 5.90. The second-order valence-corrected chi connectivity index (χ2v) is 19.7. The maximum atomic E-state index is 12.2. The smallest absolute Gasteiger partial charge is 0.292 e. The van der Waals surface area contributed by atoms with Crippen molar-refractivity contribution < 1.29 is 13.6 Å². The van der Waals surface area contributed by atoms with E-state index in [-0.39, 0.29) is 16.0 Å². The molecule has 0 unspecified atom stereocenters. The Morgan fingerprint density at radius 3 is 1.73 bits per heavy atom. The Labute approximate surface area is 162 Å². The molecule has 148 valence electrons. The topological polar surface area (TPSA) is 35.5 Å². The summed E-state index contributed by atoms with van der Waals surface area (Å²) < 4.78 is 12.1. The highest BCUT2D eigenvalue weighted by atomic mass is 28.4. The Bertz CT molecular complexity index is 606. The molecule has 26 heavy (non-hydrogen) atoms. The Kier molecular flexibility index (Phi) is 6.97. The molecule has 0 radical (unpaired) electrons. The lowest BCUT2D eigenvalue weighted by molar-refractivity contribution is -0.135. The molecule has 0 saturated carbocycles. The number of benzene rings is 1. The van der Waals surface area contributed by atoms with E-state index >= 15 is 0 Å². The van der Waals surface area contributed by atoms with Crippen LogP contribution in [0.4, 0.5) is 0 Å². The average molecular weight is 395 g/mol. The first-order valence-corrected chi connectivity index (χ1v) is 15.4. The van der Waals surface area contributed by atoms with Crippen LogP contribution in [0.5, 0.6) is 5.75 Å². The molecule has 0 bridgehead atoms. The van der Waals surface area contributed by atoms with Gasteiger partial charge >= 0.3 is 0 Å². The van der Waals surface area contributed by atoms with E-state index in [1.807, 2.05) is 12.1 Å². The summed E-state index contributed by atoms with van der Waals surface area (Å²) in [6.45, 7) is 21.9. The molecule has 0 saturated heterocycles. The predicted octanol–water partition coefficient (Wildman–Crippen LogP) is 6.55.